The largest absolute Gasteiger partial charge is 0.434 e. The van der Waals surface area contributed by atoms with E-state index in [1.807, 2.05) is 6.92 Å². The summed E-state index contributed by atoms with van der Waals surface area (Å²) in [7, 11) is -1.50. The van der Waals surface area contributed by atoms with E-state index in [4.69, 9.17) is 0 Å². The molecular weight excluding hydrogens is 188 g/mol. The smallest absolute Gasteiger partial charge is 0.179 e. The third-order valence-corrected chi connectivity index (χ3v) is 5.10. The molecule has 0 saturated carbocycles. The third-order valence-electron chi connectivity index (χ3n) is 2.61. The summed E-state index contributed by atoms with van der Waals surface area (Å²) in [5, 5.41) is 0. The van der Waals surface area contributed by atoms with Crippen molar-refractivity contribution in [2.75, 3.05) is 0 Å². The van der Waals surface area contributed by atoms with Crippen LogP contribution in [-0.4, -0.2) is 13.8 Å². The van der Waals surface area contributed by atoms with E-state index in [1.165, 1.54) is 0 Å². The highest BCUT2D eigenvalue weighted by molar-refractivity contribution is 6.52. The van der Waals surface area contributed by atoms with Crippen molar-refractivity contribution in [3.05, 3.63) is 36.5 Å². The van der Waals surface area contributed by atoms with Gasteiger partial charge in [0.05, 0.1) is 0 Å². The van der Waals surface area contributed by atoms with Gasteiger partial charge < -0.3 is 4.80 Å². The average molecular weight is 208 g/mol. The van der Waals surface area contributed by atoms with Crippen LogP contribution in [0, 0.1) is 0 Å². The highest BCUT2D eigenvalue weighted by Gasteiger charge is 2.17. The summed E-state index contributed by atoms with van der Waals surface area (Å²) < 4.78 is 0. The standard InChI is InChI=1S/C12H20OSi/c1-2-3-4-8-11-14(13)12-9-6-5-7-10-12/h2-3,5-7,9,12-14H,4,8,10-11H2,1H3. The van der Waals surface area contributed by atoms with Gasteiger partial charge in [0.25, 0.3) is 0 Å². The highest BCUT2D eigenvalue weighted by Crippen LogP contribution is 2.23. The predicted molar refractivity (Wildman–Crippen MR) is 64.9 cm³/mol. The monoisotopic (exact) mass is 208 g/mol. The fourth-order valence-electron chi connectivity index (χ4n) is 1.71. The van der Waals surface area contributed by atoms with E-state index in [0.717, 1.165) is 25.3 Å². The Morgan fingerprint density at radius 3 is 3.00 bits per heavy atom. The molecule has 2 unspecified atom stereocenters. The normalized spacial score (nSPS) is 23.1. The molecule has 1 rings (SSSR count). The molecule has 78 valence electrons. The maximum Gasteiger partial charge on any atom is 0.179 e. The topological polar surface area (TPSA) is 20.2 Å². The van der Waals surface area contributed by atoms with Crippen molar-refractivity contribution in [3.63, 3.8) is 0 Å². The van der Waals surface area contributed by atoms with Crippen LogP contribution in [0.5, 0.6) is 0 Å². The number of allylic oxidation sites excluding steroid dienone is 6. The summed E-state index contributed by atoms with van der Waals surface area (Å²) in [6.45, 7) is 2.04. The van der Waals surface area contributed by atoms with E-state index in [0.29, 0.717) is 5.54 Å². The Balaban J connectivity index is 2.17. The van der Waals surface area contributed by atoms with Crippen molar-refractivity contribution in [2.24, 2.45) is 0 Å². The molecule has 0 saturated heterocycles. The molecular formula is C12H20OSi. The van der Waals surface area contributed by atoms with Gasteiger partial charge in [0.2, 0.25) is 0 Å². The van der Waals surface area contributed by atoms with E-state index in [-0.39, 0.29) is 0 Å². The van der Waals surface area contributed by atoms with Gasteiger partial charge in [-0.2, -0.15) is 0 Å². The third kappa shape index (κ3) is 4.07. The minimum Gasteiger partial charge on any atom is -0.434 e. The molecule has 2 heteroatoms. The first-order valence-corrected chi connectivity index (χ1v) is 7.47. The quantitative estimate of drug-likeness (QED) is 0.418. The molecule has 14 heavy (non-hydrogen) atoms. The van der Waals surface area contributed by atoms with Gasteiger partial charge >= 0.3 is 0 Å². The van der Waals surface area contributed by atoms with Gasteiger partial charge in [0, 0.05) is 0 Å². The van der Waals surface area contributed by atoms with Gasteiger partial charge in [-0.25, -0.2) is 0 Å². The second kappa shape index (κ2) is 6.79. The molecule has 0 amide bonds. The van der Waals surface area contributed by atoms with Crippen LogP contribution in [0.15, 0.2) is 36.5 Å². The van der Waals surface area contributed by atoms with Gasteiger partial charge in [0.1, 0.15) is 0 Å². The summed E-state index contributed by atoms with van der Waals surface area (Å²) in [6.07, 6.45) is 16.0. The van der Waals surface area contributed by atoms with E-state index in [1.54, 1.807) is 0 Å². The van der Waals surface area contributed by atoms with Gasteiger partial charge in [-0.15, -0.1) is 0 Å². The summed E-state index contributed by atoms with van der Waals surface area (Å²) in [5.74, 6) is 0. The van der Waals surface area contributed by atoms with Gasteiger partial charge in [-0.1, -0.05) is 42.9 Å². The lowest BCUT2D eigenvalue weighted by Crippen LogP contribution is -2.19. The van der Waals surface area contributed by atoms with E-state index in [2.05, 4.69) is 36.5 Å². The van der Waals surface area contributed by atoms with E-state index >= 15 is 0 Å². The lowest BCUT2D eigenvalue weighted by atomic mass is 10.2. The highest BCUT2D eigenvalue weighted by atomic mass is 28.3. The molecule has 1 aliphatic carbocycles. The van der Waals surface area contributed by atoms with Crippen molar-refractivity contribution in [3.8, 4) is 0 Å². The zero-order valence-corrected chi connectivity index (χ0v) is 10.0. The number of hydrogen-bond donors (Lipinski definition) is 1. The number of unbranched alkanes of at least 4 members (excludes halogenated alkanes) is 1. The minimum absolute atomic E-state index is 0.477. The molecule has 0 aromatic rings. The zero-order chi connectivity index (χ0) is 10.2. The van der Waals surface area contributed by atoms with Crippen LogP contribution in [0.2, 0.25) is 11.6 Å². The second-order valence-corrected chi connectivity index (χ2v) is 6.35. The number of rotatable bonds is 5. The van der Waals surface area contributed by atoms with Gasteiger partial charge in [-0.05, 0) is 31.4 Å². The Bertz CT molecular complexity index is 230. The maximum atomic E-state index is 10.0. The Morgan fingerprint density at radius 2 is 2.36 bits per heavy atom. The fraction of sp³-hybridized carbons (Fsp3) is 0.500. The Hall–Kier alpha value is -0.603. The first-order valence-electron chi connectivity index (χ1n) is 5.47. The maximum absolute atomic E-state index is 10.0. The first-order chi connectivity index (χ1) is 6.84. The molecule has 1 N–H and O–H groups in total. The van der Waals surface area contributed by atoms with Gasteiger partial charge in [-0.3, -0.25) is 0 Å². The molecule has 2 atom stereocenters. The average Bonchev–Trinajstić information content (AvgIpc) is 2.25. The fourth-order valence-corrected chi connectivity index (χ4v) is 3.65. The van der Waals surface area contributed by atoms with Crippen molar-refractivity contribution in [1.29, 1.82) is 0 Å². The molecule has 0 radical (unpaired) electrons. The van der Waals surface area contributed by atoms with Crippen molar-refractivity contribution >= 4 is 9.04 Å². The first kappa shape index (κ1) is 11.5. The Morgan fingerprint density at radius 1 is 1.50 bits per heavy atom. The second-order valence-electron chi connectivity index (χ2n) is 3.78. The zero-order valence-electron chi connectivity index (χ0n) is 8.89. The molecule has 0 heterocycles. The summed E-state index contributed by atoms with van der Waals surface area (Å²) >= 11 is 0. The van der Waals surface area contributed by atoms with Crippen LogP contribution in [0.25, 0.3) is 0 Å². The van der Waals surface area contributed by atoms with Crippen molar-refractivity contribution in [2.45, 2.75) is 37.8 Å². The molecule has 0 bridgehead atoms. The van der Waals surface area contributed by atoms with Crippen molar-refractivity contribution in [1.82, 2.24) is 0 Å². The van der Waals surface area contributed by atoms with Crippen LogP contribution in [0.1, 0.15) is 26.2 Å². The van der Waals surface area contributed by atoms with Crippen molar-refractivity contribution < 1.29 is 4.80 Å². The molecule has 0 aromatic heterocycles. The SMILES string of the molecule is CC=CCCC[SiH](O)C1C=CC=CC1. The predicted octanol–water partition coefficient (Wildman–Crippen LogP) is 2.95. The minimum atomic E-state index is -1.50. The molecule has 0 fully saturated rings. The molecule has 0 aliphatic heterocycles. The molecule has 0 spiro atoms. The summed E-state index contributed by atoms with van der Waals surface area (Å²) in [6, 6.07) is 1.05. The molecule has 1 nitrogen and oxygen atoms in total. The van der Waals surface area contributed by atoms with Crippen LogP contribution in [0.4, 0.5) is 0 Å². The lowest BCUT2D eigenvalue weighted by molar-refractivity contribution is 0.548. The lowest BCUT2D eigenvalue weighted by Gasteiger charge is -2.17. The number of hydrogen-bond acceptors (Lipinski definition) is 1. The molecule has 0 aromatic carbocycles. The molecule has 1 aliphatic rings. The van der Waals surface area contributed by atoms with Crippen LogP contribution in [0.3, 0.4) is 0 Å². The summed E-state index contributed by atoms with van der Waals surface area (Å²) in [4.78, 5) is 10.0. The van der Waals surface area contributed by atoms with E-state index < -0.39 is 9.04 Å². The Kier molecular flexibility index (Phi) is 5.57. The van der Waals surface area contributed by atoms with Crippen LogP contribution < -0.4 is 0 Å². The van der Waals surface area contributed by atoms with Gasteiger partial charge in [0.15, 0.2) is 9.04 Å². The van der Waals surface area contributed by atoms with E-state index in [9.17, 15) is 4.80 Å². The van der Waals surface area contributed by atoms with Crippen LogP contribution >= 0.6 is 0 Å². The summed E-state index contributed by atoms with van der Waals surface area (Å²) in [5.41, 5.74) is 0.477. The van der Waals surface area contributed by atoms with Crippen LogP contribution in [-0.2, 0) is 0 Å². The Labute approximate surface area is 88.6 Å².